The van der Waals surface area contributed by atoms with E-state index in [4.69, 9.17) is 15.6 Å². The number of carboxylic acid groups (broad SMARTS) is 1. The van der Waals surface area contributed by atoms with Crippen LogP contribution in [0.5, 0.6) is 0 Å². The van der Waals surface area contributed by atoms with Gasteiger partial charge < -0.3 is 15.6 Å². The number of carbonyl (C=O) groups is 2. The van der Waals surface area contributed by atoms with E-state index in [2.05, 4.69) is 14.9 Å². The van der Waals surface area contributed by atoms with E-state index in [-0.39, 0.29) is 19.8 Å². The Hall–Kier alpha value is -1.98. The van der Waals surface area contributed by atoms with E-state index in [1.54, 1.807) is 0 Å². The maximum absolute atomic E-state index is 11.7. The van der Waals surface area contributed by atoms with Gasteiger partial charge in [-0.3, -0.25) is 9.89 Å². The molecule has 0 unspecified atom stereocenters. The Morgan fingerprint density at radius 2 is 2.21 bits per heavy atom. The minimum absolute atomic E-state index is 0.0846. The number of ether oxygens (including phenoxy) is 1. The number of hydrogen-bond acceptors (Lipinski definition) is 6. The van der Waals surface area contributed by atoms with Gasteiger partial charge in [-0.15, -0.1) is 0 Å². The molecule has 1 amide bonds. The summed E-state index contributed by atoms with van der Waals surface area (Å²) in [4.78, 5) is 21.1. The molecule has 0 aliphatic carbocycles. The number of carbonyl (C=O) groups excluding carboxylic acids is 1. The van der Waals surface area contributed by atoms with Crippen molar-refractivity contribution in [1.29, 1.82) is 0 Å². The average Bonchev–Trinajstić information content (AvgIpc) is 2.77. The highest BCUT2D eigenvalue weighted by Crippen LogP contribution is 2.10. The number of nitrogens with zero attached hydrogens (tertiary/aromatic N) is 1. The van der Waals surface area contributed by atoms with E-state index < -0.39 is 32.5 Å². The Bertz CT molecular complexity index is 566. The minimum atomic E-state index is -4.04. The normalized spacial score (nSPS) is 11.4. The highest BCUT2D eigenvalue weighted by molar-refractivity contribution is 7.89. The van der Waals surface area contributed by atoms with Crippen molar-refractivity contribution in [2.45, 2.75) is 5.03 Å². The van der Waals surface area contributed by atoms with Gasteiger partial charge in [0.15, 0.2) is 5.03 Å². The van der Waals surface area contributed by atoms with Crippen molar-refractivity contribution < 1.29 is 27.9 Å². The smallest absolute Gasteiger partial charge is 0.340 e. The van der Waals surface area contributed by atoms with Crippen molar-refractivity contribution >= 4 is 21.9 Å². The van der Waals surface area contributed by atoms with Crippen LogP contribution in [0.2, 0.25) is 0 Å². The first kappa shape index (κ1) is 15.1. The number of sulfonamides is 1. The lowest BCUT2D eigenvalue weighted by Crippen LogP contribution is -2.30. The van der Waals surface area contributed by atoms with Crippen LogP contribution in [0.1, 0.15) is 10.4 Å². The lowest BCUT2D eigenvalue weighted by molar-refractivity contribution is -0.122. The molecular weight excluding hydrogens is 280 g/mol. The molecule has 5 N–H and O–H groups in total. The molecule has 0 saturated carbocycles. The summed E-state index contributed by atoms with van der Waals surface area (Å²) >= 11 is 0. The van der Waals surface area contributed by atoms with Crippen LogP contribution in [0.15, 0.2) is 11.2 Å². The van der Waals surface area contributed by atoms with E-state index >= 15 is 0 Å². The molecule has 0 fully saturated rings. The molecular formula is C8H12N4O6S. The zero-order valence-electron chi connectivity index (χ0n) is 9.62. The maximum atomic E-state index is 11.7. The van der Waals surface area contributed by atoms with Crippen LogP contribution in [0.25, 0.3) is 0 Å². The van der Waals surface area contributed by atoms with E-state index in [9.17, 15) is 18.0 Å². The lowest BCUT2D eigenvalue weighted by atomic mass is 10.4. The summed E-state index contributed by atoms with van der Waals surface area (Å²) in [5.41, 5.74) is 4.34. The van der Waals surface area contributed by atoms with Crippen LogP contribution < -0.4 is 10.5 Å². The first-order valence-corrected chi connectivity index (χ1v) is 6.45. The Balaban J connectivity index is 2.59. The first-order valence-electron chi connectivity index (χ1n) is 4.97. The molecule has 11 heteroatoms. The van der Waals surface area contributed by atoms with Crippen molar-refractivity contribution in [2.75, 3.05) is 19.8 Å². The van der Waals surface area contributed by atoms with Crippen molar-refractivity contribution in [3.8, 4) is 0 Å². The Kier molecular flexibility index (Phi) is 4.97. The Labute approximate surface area is 108 Å². The molecule has 1 heterocycles. The number of amides is 1. The second kappa shape index (κ2) is 6.26. The predicted octanol–water partition coefficient (Wildman–Crippen LogP) is -2.11. The van der Waals surface area contributed by atoms with Gasteiger partial charge in [-0.25, -0.2) is 17.9 Å². The third kappa shape index (κ3) is 4.31. The third-order valence-electron chi connectivity index (χ3n) is 1.89. The highest BCUT2D eigenvalue weighted by Gasteiger charge is 2.24. The van der Waals surface area contributed by atoms with Gasteiger partial charge >= 0.3 is 5.97 Å². The molecule has 0 saturated heterocycles. The molecule has 0 aliphatic heterocycles. The number of hydrogen-bond donors (Lipinski definition) is 4. The number of primary amides is 1. The minimum Gasteiger partial charge on any atom is -0.478 e. The van der Waals surface area contributed by atoms with Gasteiger partial charge in [-0.2, -0.15) is 5.10 Å². The molecule has 0 radical (unpaired) electrons. The van der Waals surface area contributed by atoms with Crippen molar-refractivity contribution in [3.63, 3.8) is 0 Å². The first-order chi connectivity index (χ1) is 8.84. The molecule has 10 nitrogen and oxygen atoms in total. The molecule has 0 atom stereocenters. The van der Waals surface area contributed by atoms with Gasteiger partial charge in [0.25, 0.3) is 10.0 Å². The molecule has 19 heavy (non-hydrogen) atoms. The number of rotatable bonds is 8. The molecule has 106 valence electrons. The average molecular weight is 292 g/mol. The second-order valence-corrected chi connectivity index (χ2v) is 5.04. The SMILES string of the molecule is NC(=O)COCCNS(=O)(=O)c1[nH]ncc1C(=O)O. The summed E-state index contributed by atoms with van der Waals surface area (Å²) in [5.74, 6) is -2.09. The fourth-order valence-electron chi connectivity index (χ4n) is 1.12. The van der Waals surface area contributed by atoms with Crippen molar-refractivity contribution in [1.82, 2.24) is 14.9 Å². The highest BCUT2D eigenvalue weighted by atomic mass is 32.2. The quantitative estimate of drug-likeness (QED) is 0.398. The van der Waals surface area contributed by atoms with Gasteiger partial charge in [0, 0.05) is 6.54 Å². The largest absolute Gasteiger partial charge is 0.478 e. The van der Waals surface area contributed by atoms with E-state index in [0.717, 1.165) is 6.20 Å². The zero-order chi connectivity index (χ0) is 14.5. The van der Waals surface area contributed by atoms with E-state index in [0.29, 0.717) is 0 Å². The second-order valence-electron chi connectivity index (χ2n) is 3.33. The van der Waals surface area contributed by atoms with Gasteiger partial charge in [0.2, 0.25) is 5.91 Å². The van der Waals surface area contributed by atoms with Gasteiger partial charge in [-0.05, 0) is 0 Å². The number of aromatic carboxylic acids is 1. The number of H-pyrrole nitrogens is 1. The van der Waals surface area contributed by atoms with Crippen LogP contribution in [0, 0.1) is 0 Å². The predicted molar refractivity (Wildman–Crippen MR) is 60.7 cm³/mol. The van der Waals surface area contributed by atoms with E-state index in [1.165, 1.54) is 0 Å². The van der Waals surface area contributed by atoms with Gasteiger partial charge in [-0.1, -0.05) is 0 Å². The van der Waals surface area contributed by atoms with Crippen LogP contribution >= 0.6 is 0 Å². The van der Waals surface area contributed by atoms with Crippen molar-refractivity contribution in [2.24, 2.45) is 5.73 Å². The monoisotopic (exact) mass is 292 g/mol. The van der Waals surface area contributed by atoms with Gasteiger partial charge in [0.05, 0.1) is 12.8 Å². The summed E-state index contributed by atoms with van der Waals surface area (Å²) in [7, 11) is -4.04. The summed E-state index contributed by atoms with van der Waals surface area (Å²) < 4.78 is 30.3. The van der Waals surface area contributed by atoms with Crippen LogP contribution in [-0.2, 0) is 19.6 Å². The number of nitrogens with one attached hydrogen (secondary N) is 2. The maximum Gasteiger partial charge on any atom is 0.340 e. The number of aromatic amines is 1. The Morgan fingerprint density at radius 3 is 2.79 bits per heavy atom. The number of carboxylic acids is 1. The molecule has 0 aliphatic rings. The molecule has 1 aromatic rings. The topological polar surface area (TPSA) is 164 Å². The van der Waals surface area contributed by atoms with E-state index in [1.807, 2.05) is 0 Å². The zero-order valence-corrected chi connectivity index (χ0v) is 10.4. The molecule has 1 rings (SSSR count). The van der Waals surface area contributed by atoms with Crippen LogP contribution in [-0.4, -0.2) is 55.4 Å². The molecule has 1 aromatic heterocycles. The summed E-state index contributed by atoms with van der Waals surface area (Å²) in [6, 6.07) is 0. The molecule has 0 bridgehead atoms. The van der Waals surface area contributed by atoms with Crippen molar-refractivity contribution in [3.05, 3.63) is 11.8 Å². The summed E-state index contributed by atoms with van der Waals surface area (Å²) in [6.07, 6.45) is 0.889. The fourth-order valence-corrected chi connectivity index (χ4v) is 2.22. The summed E-state index contributed by atoms with van der Waals surface area (Å²) in [6.45, 7) is -0.557. The Morgan fingerprint density at radius 1 is 1.53 bits per heavy atom. The fraction of sp³-hybridized carbons (Fsp3) is 0.375. The summed E-state index contributed by atoms with van der Waals surface area (Å²) in [5, 5.41) is 13.7. The molecule has 0 spiro atoms. The third-order valence-corrected chi connectivity index (χ3v) is 3.32. The number of aromatic nitrogens is 2. The standard InChI is InChI=1S/C8H12N4O6S/c9-6(13)4-18-2-1-11-19(16,17)7-5(8(14)15)3-10-12-7/h3,11H,1-2,4H2,(H2,9,13)(H,10,12)(H,14,15). The van der Waals surface area contributed by atoms with Crippen LogP contribution in [0.4, 0.5) is 0 Å². The van der Waals surface area contributed by atoms with Crippen LogP contribution in [0.3, 0.4) is 0 Å². The molecule has 0 aromatic carbocycles. The number of nitrogens with two attached hydrogens (primary N) is 1. The lowest BCUT2D eigenvalue weighted by Gasteiger charge is -2.05. The van der Waals surface area contributed by atoms with Gasteiger partial charge in [0.1, 0.15) is 12.2 Å².